The van der Waals surface area contributed by atoms with Gasteiger partial charge >= 0.3 is 0 Å². The fourth-order valence-electron chi connectivity index (χ4n) is 3.29. The van der Waals surface area contributed by atoms with Crippen LogP contribution in [0.5, 0.6) is 0 Å². The van der Waals surface area contributed by atoms with Crippen LogP contribution in [-0.2, 0) is 0 Å². The molecule has 1 aromatic rings. The van der Waals surface area contributed by atoms with E-state index in [0.29, 0.717) is 23.2 Å². The number of nitrogens with zero attached hydrogens (tertiary/aromatic N) is 4. The lowest BCUT2D eigenvalue weighted by molar-refractivity contribution is -0.221. The highest BCUT2D eigenvalue weighted by Gasteiger charge is 2.42. The van der Waals surface area contributed by atoms with Crippen molar-refractivity contribution in [3.05, 3.63) is 23.5 Å². The number of guanidine groups is 1. The Kier molecular flexibility index (Phi) is 5.88. The van der Waals surface area contributed by atoms with Crippen molar-refractivity contribution in [3.63, 3.8) is 0 Å². The second-order valence-corrected chi connectivity index (χ2v) is 7.96. The Balaban J connectivity index is 2.12. The number of anilines is 1. The Labute approximate surface area is 153 Å². The molecule has 0 aliphatic carbocycles. The quantitative estimate of drug-likeness (QED) is 0.322. The number of hydroxylamine groups is 2. The van der Waals surface area contributed by atoms with E-state index in [1.165, 1.54) is 5.06 Å². The SMILES string of the molecule is CC1(C)CCC(NC(=NC#N)Nc2ccc(Cl)nc2)CC(C)(C)N1O. The zero-order valence-electron chi connectivity index (χ0n) is 15.0. The van der Waals surface area contributed by atoms with Gasteiger partial charge in [-0.2, -0.15) is 10.3 Å². The third-order valence-electron chi connectivity index (χ3n) is 4.49. The summed E-state index contributed by atoms with van der Waals surface area (Å²) in [6, 6.07) is 3.49. The van der Waals surface area contributed by atoms with E-state index in [1.54, 1.807) is 18.3 Å². The maximum Gasteiger partial charge on any atom is 0.212 e. The van der Waals surface area contributed by atoms with Gasteiger partial charge in [-0.25, -0.2) is 4.98 Å². The second kappa shape index (κ2) is 7.56. The Hall–Kier alpha value is -1.88. The normalized spacial score (nSPS) is 23.4. The molecule has 8 heteroatoms. The lowest BCUT2D eigenvalue weighted by Crippen LogP contribution is -2.53. The molecule has 1 fully saturated rings. The molecule has 25 heavy (non-hydrogen) atoms. The number of hydrogen-bond donors (Lipinski definition) is 3. The van der Waals surface area contributed by atoms with E-state index in [4.69, 9.17) is 16.9 Å². The summed E-state index contributed by atoms with van der Waals surface area (Å²) in [4.78, 5) is 7.84. The summed E-state index contributed by atoms with van der Waals surface area (Å²) < 4.78 is 0. The molecule has 7 nitrogen and oxygen atoms in total. The largest absolute Gasteiger partial charge is 0.352 e. The number of nitriles is 1. The minimum atomic E-state index is -0.406. The number of halogens is 1. The first kappa shape index (κ1) is 19.4. The molecule has 2 heterocycles. The second-order valence-electron chi connectivity index (χ2n) is 7.58. The van der Waals surface area contributed by atoms with Crippen LogP contribution in [0.25, 0.3) is 0 Å². The van der Waals surface area contributed by atoms with E-state index >= 15 is 0 Å². The zero-order valence-corrected chi connectivity index (χ0v) is 15.8. The highest BCUT2D eigenvalue weighted by molar-refractivity contribution is 6.29. The summed E-state index contributed by atoms with van der Waals surface area (Å²) in [5, 5.41) is 27.7. The van der Waals surface area contributed by atoms with Crippen LogP contribution in [-0.4, -0.2) is 38.3 Å². The van der Waals surface area contributed by atoms with Crippen LogP contribution < -0.4 is 10.6 Å². The Bertz CT molecular complexity index is 665. The van der Waals surface area contributed by atoms with E-state index in [2.05, 4.69) is 20.6 Å². The minimum Gasteiger partial charge on any atom is -0.352 e. The fourth-order valence-corrected chi connectivity index (χ4v) is 3.41. The van der Waals surface area contributed by atoms with Crippen molar-refractivity contribution in [2.24, 2.45) is 4.99 Å². The molecule has 0 bridgehead atoms. The minimum absolute atomic E-state index is 0.0614. The number of rotatable bonds is 2. The average molecular weight is 365 g/mol. The van der Waals surface area contributed by atoms with Crippen LogP contribution in [0.4, 0.5) is 5.69 Å². The summed E-state index contributed by atoms with van der Waals surface area (Å²) >= 11 is 5.79. The average Bonchev–Trinajstić information content (AvgIpc) is 2.60. The van der Waals surface area contributed by atoms with Gasteiger partial charge in [0, 0.05) is 17.1 Å². The van der Waals surface area contributed by atoms with Crippen LogP contribution in [0.2, 0.25) is 5.15 Å². The third kappa shape index (κ3) is 5.05. The Morgan fingerprint density at radius 3 is 2.72 bits per heavy atom. The first-order chi connectivity index (χ1) is 11.6. The van der Waals surface area contributed by atoms with Gasteiger partial charge in [0.2, 0.25) is 12.2 Å². The monoisotopic (exact) mass is 364 g/mol. The molecule has 1 aliphatic rings. The highest BCUT2D eigenvalue weighted by atomic mass is 35.5. The number of aliphatic imine (C=N–C) groups is 1. The molecule has 0 radical (unpaired) electrons. The molecule has 0 spiro atoms. The molecule has 1 atom stereocenters. The topological polar surface area (TPSA) is 96.6 Å². The van der Waals surface area contributed by atoms with Crippen molar-refractivity contribution >= 4 is 23.2 Å². The van der Waals surface area contributed by atoms with Crippen LogP contribution in [0, 0.1) is 11.5 Å². The molecule has 1 unspecified atom stereocenters. The van der Waals surface area contributed by atoms with Crippen molar-refractivity contribution in [2.45, 2.75) is 64.1 Å². The molecule has 3 N–H and O–H groups in total. The van der Waals surface area contributed by atoms with Gasteiger partial charge in [0.25, 0.3) is 0 Å². The van der Waals surface area contributed by atoms with Gasteiger partial charge in [-0.05, 0) is 59.1 Å². The van der Waals surface area contributed by atoms with E-state index in [-0.39, 0.29) is 11.6 Å². The predicted molar refractivity (Wildman–Crippen MR) is 98.5 cm³/mol. The Morgan fingerprint density at radius 2 is 2.12 bits per heavy atom. The van der Waals surface area contributed by atoms with E-state index in [9.17, 15) is 5.21 Å². The number of hydrogen-bond acceptors (Lipinski definition) is 5. The summed E-state index contributed by atoms with van der Waals surface area (Å²) in [7, 11) is 0. The lowest BCUT2D eigenvalue weighted by Gasteiger charge is -2.42. The standard InChI is InChI=1S/C17H25ClN6O/c1-16(2)8-7-12(9-17(3,4)24(16)25)22-15(21-11-19)23-13-5-6-14(18)20-10-13/h5-6,10,12,25H,7-9H2,1-4H3,(H2,21,22,23). The highest BCUT2D eigenvalue weighted by Crippen LogP contribution is 2.35. The van der Waals surface area contributed by atoms with Crippen molar-refractivity contribution in [1.82, 2.24) is 15.4 Å². The van der Waals surface area contributed by atoms with Crippen molar-refractivity contribution < 1.29 is 5.21 Å². The smallest absolute Gasteiger partial charge is 0.212 e. The molecule has 1 saturated heterocycles. The van der Waals surface area contributed by atoms with E-state index < -0.39 is 5.54 Å². The van der Waals surface area contributed by atoms with Crippen molar-refractivity contribution in [2.75, 3.05) is 5.32 Å². The van der Waals surface area contributed by atoms with Gasteiger partial charge in [0.1, 0.15) is 5.15 Å². The molecule has 2 rings (SSSR count). The van der Waals surface area contributed by atoms with Crippen LogP contribution in [0.3, 0.4) is 0 Å². The molecular weight excluding hydrogens is 340 g/mol. The zero-order chi connectivity index (χ0) is 18.7. The maximum atomic E-state index is 10.5. The molecular formula is C17H25ClN6O. The van der Waals surface area contributed by atoms with Gasteiger partial charge in [-0.15, -0.1) is 4.99 Å². The maximum absolute atomic E-state index is 10.5. The van der Waals surface area contributed by atoms with Crippen molar-refractivity contribution in [1.29, 1.82) is 5.26 Å². The lowest BCUT2D eigenvalue weighted by atomic mass is 9.94. The molecule has 1 aliphatic heterocycles. The molecule has 0 amide bonds. The number of pyridine rings is 1. The Morgan fingerprint density at radius 1 is 1.40 bits per heavy atom. The number of aromatic nitrogens is 1. The summed E-state index contributed by atoms with van der Waals surface area (Å²) in [6.45, 7) is 8.07. The molecule has 0 aromatic carbocycles. The van der Waals surface area contributed by atoms with Gasteiger partial charge in [0.05, 0.1) is 11.9 Å². The van der Waals surface area contributed by atoms with Crippen LogP contribution in [0.15, 0.2) is 23.3 Å². The van der Waals surface area contributed by atoms with E-state index in [0.717, 1.165) is 12.8 Å². The van der Waals surface area contributed by atoms with Gasteiger partial charge in [0.15, 0.2) is 0 Å². The molecule has 0 saturated carbocycles. The summed E-state index contributed by atoms with van der Waals surface area (Å²) in [5.74, 6) is 0.358. The first-order valence-corrected chi connectivity index (χ1v) is 8.63. The van der Waals surface area contributed by atoms with Crippen LogP contribution in [0.1, 0.15) is 47.0 Å². The summed E-state index contributed by atoms with van der Waals surface area (Å²) in [6.07, 6.45) is 5.75. The van der Waals surface area contributed by atoms with Gasteiger partial charge in [-0.1, -0.05) is 11.6 Å². The fraction of sp³-hybridized carbons (Fsp3) is 0.588. The van der Waals surface area contributed by atoms with Crippen molar-refractivity contribution in [3.8, 4) is 6.19 Å². The molecule has 1 aromatic heterocycles. The third-order valence-corrected chi connectivity index (χ3v) is 4.71. The number of nitrogens with one attached hydrogen (secondary N) is 2. The van der Waals surface area contributed by atoms with Crippen LogP contribution >= 0.6 is 11.6 Å². The summed E-state index contributed by atoms with van der Waals surface area (Å²) in [5.41, 5.74) is -0.0417. The van der Waals surface area contributed by atoms with Gasteiger partial charge in [-0.3, -0.25) is 0 Å². The predicted octanol–water partition coefficient (Wildman–Crippen LogP) is 3.37. The molecule has 136 valence electrons. The van der Waals surface area contributed by atoms with Gasteiger partial charge < -0.3 is 15.8 Å². The van der Waals surface area contributed by atoms with E-state index in [1.807, 2.05) is 33.9 Å². The first-order valence-electron chi connectivity index (χ1n) is 8.25.